The molecular weight excluding hydrogens is 484 g/mol. The Labute approximate surface area is 234 Å². The number of aromatic hydroxyl groups is 1. The maximum Gasteiger partial charge on any atom is 0.165 e. The summed E-state index contributed by atoms with van der Waals surface area (Å²) in [5, 5.41) is 23.6. The van der Waals surface area contributed by atoms with Crippen molar-refractivity contribution in [1.29, 1.82) is 0 Å². The molecule has 2 aliphatic heterocycles. The summed E-state index contributed by atoms with van der Waals surface area (Å²) in [5.41, 5.74) is 2.45. The number of piperidine rings is 1. The van der Waals surface area contributed by atoms with E-state index in [1.165, 1.54) is 36.8 Å². The van der Waals surface area contributed by atoms with Crippen LogP contribution in [0.25, 0.3) is 0 Å². The number of hydrogen-bond acceptors (Lipinski definition) is 5. The average molecular weight is 531 g/mol. The second kappa shape index (κ2) is 10.6. The zero-order chi connectivity index (χ0) is 27.2. The first kappa shape index (κ1) is 26.9. The molecule has 1 spiro atoms. The normalized spacial score (nSPS) is 30.8. The predicted molar refractivity (Wildman–Crippen MR) is 157 cm³/mol. The summed E-state index contributed by atoms with van der Waals surface area (Å²) >= 11 is 0. The van der Waals surface area contributed by atoms with Gasteiger partial charge in [0.25, 0.3) is 0 Å². The van der Waals surface area contributed by atoms with E-state index in [0.29, 0.717) is 11.8 Å². The van der Waals surface area contributed by atoms with Crippen LogP contribution in [0.5, 0.6) is 11.5 Å². The molecule has 2 aliphatic carbocycles. The zero-order valence-corrected chi connectivity index (χ0v) is 23.8. The Morgan fingerprint density at radius 2 is 1.90 bits per heavy atom. The van der Waals surface area contributed by atoms with Crippen molar-refractivity contribution in [1.82, 2.24) is 9.80 Å². The van der Waals surface area contributed by atoms with Crippen LogP contribution in [-0.4, -0.2) is 69.5 Å². The molecule has 2 aromatic rings. The van der Waals surface area contributed by atoms with E-state index in [-0.39, 0.29) is 23.9 Å². The van der Waals surface area contributed by atoms with Gasteiger partial charge in [-0.05, 0) is 89.1 Å². The van der Waals surface area contributed by atoms with Gasteiger partial charge in [-0.15, -0.1) is 6.58 Å². The van der Waals surface area contributed by atoms with Crippen molar-refractivity contribution in [2.45, 2.75) is 107 Å². The molecule has 0 aromatic heterocycles. The molecule has 1 saturated carbocycles. The quantitative estimate of drug-likeness (QED) is 0.292. The van der Waals surface area contributed by atoms with Gasteiger partial charge < -0.3 is 14.9 Å². The highest BCUT2D eigenvalue weighted by molar-refractivity contribution is 5.62. The van der Waals surface area contributed by atoms with E-state index in [1.54, 1.807) is 6.07 Å². The number of nitrogens with zero attached hydrogens (tertiary/aromatic N) is 2. The van der Waals surface area contributed by atoms with Crippen molar-refractivity contribution >= 4 is 0 Å². The molecule has 5 atom stereocenters. The number of unbranched alkanes of at least 4 members (excludes halogenated alkanes) is 3. The highest BCUT2D eigenvalue weighted by Gasteiger charge is 2.73. The van der Waals surface area contributed by atoms with Crippen LogP contribution in [0.2, 0.25) is 0 Å². The number of rotatable bonds is 11. The fourth-order valence-electron chi connectivity index (χ4n) is 8.76. The lowest BCUT2D eigenvalue weighted by atomic mass is 9.48. The molecule has 2 fully saturated rings. The monoisotopic (exact) mass is 530 g/mol. The summed E-state index contributed by atoms with van der Waals surface area (Å²) in [6.07, 6.45) is 11.2. The molecule has 39 heavy (non-hydrogen) atoms. The van der Waals surface area contributed by atoms with Gasteiger partial charge in [0.2, 0.25) is 0 Å². The Morgan fingerprint density at radius 3 is 2.67 bits per heavy atom. The molecule has 1 saturated heterocycles. The van der Waals surface area contributed by atoms with Crippen LogP contribution in [0.1, 0.15) is 75.5 Å². The van der Waals surface area contributed by atoms with Crippen molar-refractivity contribution in [3.05, 3.63) is 71.8 Å². The van der Waals surface area contributed by atoms with Gasteiger partial charge in [-0.1, -0.05) is 55.3 Å². The van der Waals surface area contributed by atoms with E-state index in [2.05, 4.69) is 66.6 Å². The van der Waals surface area contributed by atoms with Crippen molar-refractivity contribution < 1.29 is 14.9 Å². The lowest BCUT2D eigenvalue weighted by molar-refractivity contribution is -0.200. The number of aliphatic hydroxyl groups is 1. The molecule has 5 heteroatoms. The second-order valence-corrected chi connectivity index (χ2v) is 12.7. The first-order chi connectivity index (χ1) is 18.9. The summed E-state index contributed by atoms with van der Waals surface area (Å²) in [5.74, 6) is 0.864. The Kier molecular flexibility index (Phi) is 7.28. The Bertz CT molecular complexity index is 1180. The van der Waals surface area contributed by atoms with Crippen molar-refractivity contribution in [2.24, 2.45) is 0 Å². The first-order valence-electron chi connectivity index (χ1n) is 15.3. The molecule has 0 amide bonds. The van der Waals surface area contributed by atoms with Crippen LogP contribution < -0.4 is 4.74 Å². The molecule has 2 aromatic carbocycles. The molecular formula is C34H46N2O3. The van der Waals surface area contributed by atoms with Gasteiger partial charge >= 0.3 is 0 Å². The largest absolute Gasteiger partial charge is 0.504 e. The minimum absolute atomic E-state index is 0.0522. The number of phenols is 1. The summed E-state index contributed by atoms with van der Waals surface area (Å²) in [6, 6.07) is 15.3. The molecule has 4 aliphatic rings. The van der Waals surface area contributed by atoms with Crippen molar-refractivity contribution in [3.63, 3.8) is 0 Å². The highest BCUT2D eigenvalue weighted by atomic mass is 16.5. The van der Waals surface area contributed by atoms with Gasteiger partial charge in [-0.25, -0.2) is 0 Å². The maximum atomic E-state index is 12.6. The smallest absolute Gasteiger partial charge is 0.165 e. The van der Waals surface area contributed by atoms with Gasteiger partial charge in [-0.3, -0.25) is 9.80 Å². The number of likely N-dealkylation sites (tertiary alicyclic amines) is 1. The van der Waals surface area contributed by atoms with E-state index in [9.17, 15) is 10.2 Å². The fraction of sp³-hybridized carbons (Fsp3) is 0.588. The SMILES string of the molecule is C=CCN1CC[C@]23c4c5ccc(O)c4O[C@H]2[C@H](N(CCCCCCc2ccccc2)C(C)C)CC[C@@]3(O)[C@H]1C5. The van der Waals surface area contributed by atoms with Crippen LogP contribution in [0.3, 0.4) is 0 Å². The minimum Gasteiger partial charge on any atom is -0.504 e. The van der Waals surface area contributed by atoms with E-state index >= 15 is 0 Å². The van der Waals surface area contributed by atoms with E-state index in [0.717, 1.165) is 57.3 Å². The Balaban J connectivity index is 1.22. The second-order valence-electron chi connectivity index (χ2n) is 12.7. The topological polar surface area (TPSA) is 56.2 Å². The van der Waals surface area contributed by atoms with Gasteiger partial charge in [0.1, 0.15) is 6.10 Å². The number of ether oxygens (including phenoxy) is 1. The third kappa shape index (κ3) is 4.24. The zero-order valence-electron chi connectivity index (χ0n) is 23.8. The van der Waals surface area contributed by atoms with Crippen LogP contribution in [0.15, 0.2) is 55.1 Å². The summed E-state index contributed by atoms with van der Waals surface area (Å²) in [7, 11) is 0. The Morgan fingerprint density at radius 1 is 1.10 bits per heavy atom. The van der Waals surface area contributed by atoms with Crippen molar-refractivity contribution in [2.75, 3.05) is 19.6 Å². The average Bonchev–Trinajstić information content (AvgIpc) is 3.28. The van der Waals surface area contributed by atoms with Gasteiger partial charge in [0.15, 0.2) is 11.5 Å². The molecule has 0 unspecified atom stereocenters. The summed E-state index contributed by atoms with van der Waals surface area (Å²) < 4.78 is 6.82. The summed E-state index contributed by atoms with van der Waals surface area (Å²) in [4.78, 5) is 5.08. The molecule has 5 nitrogen and oxygen atoms in total. The number of benzene rings is 2. The van der Waals surface area contributed by atoms with Crippen LogP contribution in [-0.2, 0) is 18.3 Å². The standard InChI is InChI=1S/C34H46N2O3/c1-4-20-35-22-19-33-30-26-15-16-28(37)31(30)39-32(33)27(17-18-34(33,38)29(35)23-26)36(24(2)3)21-11-6-5-8-12-25-13-9-7-10-14-25/h4,7,9-10,13-16,24,27,29,32,37-38H,1,5-6,8,11-12,17-23H2,2-3H3/t27-,29-,32+,33+,34-/m1/s1. The van der Waals surface area contributed by atoms with Gasteiger partial charge in [0.05, 0.1) is 11.0 Å². The fourth-order valence-corrected chi connectivity index (χ4v) is 8.76. The third-order valence-electron chi connectivity index (χ3n) is 10.5. The highest BCUT2D eigenvalue weighted by Crippen LogP contribution is 2.65. The molecule has 2 N–H and O–H groups in total. The van der Waals surface area contributed by atoms with E-state index in [1.807, 2.05) is 6.08 Å². The van der Waals surface area contributed by atoms with Gasteiger partial charge in [-0.2, -0.15) is 0 Å². The molecule has 2 heterocycles. The van der Waals surface area contributed by atoms with Gasteiger partial charge in [0, 0.05) is 30.2 Å². The molecule has 210 valence electrons. The number of aryl methyl sites for hydroxylation is 1. The number of hydrogen-bond donors (Lipinski definition) is 2. The van der Waals surface area contributed by atoms with Crippen molar-refractivity contribution in [3.8, 4) is 11.5 Å². The number of phenolic OH excluding ortho intramolecular Hbond substituents is 1. The van der Waals surface area contributed by atoms with E-state index < -0.39 is 11.0 Å². The molecule has 2 bridgehead atoms. The molecule has 6 rings (SSSR count). The summed E-state index contributed by atoms with van der Waals surface area (Å²) in [6.45, 7) is 11.4. The van der Waals surface area contributed by atoms with Crippen LogP contribution in [0.4, 0.5) is 0 Å². The molecule has 0 radical (unpaired) electrons. The first-order valence-corrected chi connectivity index (χ1v) is 15.3. The van der Waals surface area contributed by atoms with Crippen LogP contribution in [0, 0.1) is 0 Å². The van der Waals surface area contributed by atoms with E-state index in [4.69, 9.17) is 4.74 Å². The minimum atomic E-state index is -0.860. The maximum absolute atomic E-state index is 12.6. The lowest BCUT2D eigenvalue weighted by Crippen LogP contribution is -2.78. The third-order valence-corrected chi connectivity index (χ3v) is 10.5. The Hall–Kier alpha value is -2.34. The predicted octanol–water partition coefficient (Wildman–Crippen LogP) is 5.61. The van der Waals surface area contributed by atoms with Crippen LogP contribution >= 0.6 is 0 Å². The lowest BCUT2D eigenvalue weighted by Gasteiger charge is -2.65.